The molecule has 0 unspecified atom stereocenters. The highest BCUT2D eigenvalue weighted by Gasteiger charge is 2.40. The highest BCUT2D eigenvalue weighted by atomic mass is 16.5. The second-order valence-corrected chi connectivity index (χ2v) is 4.80. The molecule has 0 spiro atoms. The molecule has 4 nitrogen and oxygen atoms in total. The summed E-state index contributed by atoms with van der Waals surface area (Å²) in [4.78, 5) is 11.4. The Morgan fingerprint density at radius 3 is 2.78 bits per heavy atom. The molecule has 0 radical (unpaired) electrons. The van der Waals surface area contributed by atoms with Gasteiger partial charge in [-0.25, -0.2) is 0 Å². The molecular weight excluding hydrogens is 230 g/mol. The van der Waals surface area contributed by atoms with Crippen LogP contribution in [0.15, 0.2) is 24.3 Å². The lowest BCUT2D eigenvalue weighted by Gasteiger charge is -2.25. The Bertz CT molecular complexity index is 425. The van der Waals surface area contributed by atoms with Gasteiger partial charge in [0.2, 0.25) is 0 Å². The summed E-state index contributed by atoms with van der Waals surface area (Å²) in [6, 6.07) is 7.70. The summed E-state index contributed by atoms with van der Waals surface area (Å²) in [5.41, 5.74) is 0.310. The van der Waals surface area contributed by atoms with Crippen LogP contribution in [0.5, 0.6) is 5.75 Å². The molecule has 4 heteroatoms. The Morgan fingerprint density at radius 1 is 1.44 bits per heavy atom. The molecule has 0 saturated heterocycles. The topological polar surface area (TPSA) is 58.6 Å². The largest absolute Gasteiger partial charge is 0.497 e. The number of carboxylic acids is 1. The fourth-order valence-corrected chi connectivity index (χ4v) is 2.50. The number of hydrogen-bond acceptors (Lipinski definition) is 3. The van der Waals surface area contributed by atoms with Crippen LogP contribution in [0.3, 0.4) is 0 Å². The van der Waals surface area contributed by atoms with E-state index in [4.69, 9.17) is 4.74 Å². The molecule has 0 aliphatic heterocycles. The summed E-state index contributed by atoms with van der Waals surface area (Å²) >= 11 is 0. The standard InChI is InChI=1S/C14H19NO3/c1-18-12-6-4-5-11(9-12)10-15-14(13(16)17)7-2-3-8-14/h4-6,9,15H,2-3,7-8,10H2,1H3,(H,16,17). The lowest BCUT2D eigenvalue weighted by molar-refractivity contribution is -0.144. The van der Waals surface area contributed by atoms with Crippen molar-refractivity contribution in [2.45, 2.75) is 37.8 Å². The van der Waals surface area contributed by atoms with E-state index in [1.54, 1.807) is 7.11 Å². The second kappa shape index (κ2) is 5.40. The van der Waals surface area contributed by atoms with Crippen molar-refractivity contribution in [3.05, 3.63) is 29.8 Å². The van der Waals surface area contributed by atoms with Gasteiger partial charge in [-0.05, 0) is 30.5 Å². The Kier molecular flexibility index (Phi) is 3.87. The van der Waals surface area contributed by atoms with Gasteiger partial charge >= 0.3 is 5.97 Å². The molecule has 1 aliphatic carbocycles. The number of methoxy groups -OCH3 is 1. The SMILES string of the molecule is COc1cccc(CNC2(C(=O)O)CCCC2)c1. The highest BCUT2D eigenvalue weighted by Crippen LogP contribution is 2.30. The molecule has 1 aromatic rings. The Hall–Kier alpha value is -1.55. The van der Waals surface area contributed by atoms with Gasteiger partial charge in [0.25, 0.3) is 0 Å². The zero-order valence-corrected chi connectivity index (χ0v) is 10.6. The van der Waals surface area contributed by atoms with Crippen molar-refractivity contribution in [1.82, 2.24) is 5.32 Å². The third-order valence-electron chi connectivity index (χ3n) is 3.63. The van der Waals surface area contributed by atoms with E-state index in [-0.39, 0.29) is 0 Å². The maximum atomic E-state index is 11.4. The zero-order chi connectivity index (χ0) is 13.0. The Labute approximate surface area is 107 Å². The average Bonchev–Trinajstić information content (AvgIpc) is 2.87. The third-order valence-corrected chi connectivity index (χ3v) is 3.63. The summed E-state index contributed by atoms with van der Waals surface area (Å²) in [5, 5.41) is 12.6. The van der Waals surface area contributed by atoms with Gasteiger partial charge in [-0.15, -0.1) is 0 Å². The lowest BCUT2D eigenvalue weighted by Crippen LogP contribution is -2.49. The van der Waals surface area contributed by atoms with Gasteiger partial charge in [0, 0.05) is 6.54 Å². The normalized spacial score (nSPS) is 17.6. The predicted molar refractivity (Wildman–Crippen MR) is 68.7 cm³/mol. The van der Waals surface area contributed by atoms with Crippen LogP contribution in [0.25, 0.3) is 0 Å². The molecule has 0 aromatic heterocycles. The first-order valence-electron chi connectivity index (χ1n) is 6.28. The van der Waals surface area contributed by atoms with Gasteiger partial charge in [-0.3, -0.25) is 10.1 Å². The first-order valence-corrected chi connectivity index (χ1v) is 6.28. The number of hydrogen-bond donors (Lipinski definition) is 2. The minimum Gasteiger partial charge on any atom is -0.497 e. The summed E-state index contributed by atoms with van der Waals surface area (Å²) in [6.45, 7) is 0.559. The van der Waals surface area contributed by atoms with Gasteiger partial charge in [0.05, 0.1) is 7.11 Å². The van der Waals surface area contributed by atoms with Crippen molar-refractivity contribution >= 4 is 5.97 Å². The maximum absolute atomic E-state index is 11.4. The predicted octanol–water partition coefficient (Wildman–Crippen LogP) is 2.18. The third kappa shape index (κ3) is 2.64. The Morgan fingerprint density at radius 2 is 2.17 bits per heavy atom. The van der Waals surface area contributed by atoms with Crippen LogP contribution in [0.4, 0.5) is 0 Å². The number of aliphatic carboxylic acids is 1. The molecule has 1 saturated carbocycles. The first kappa shape index (κ1) is 12.9. The van der Waals surface area contributed by atoms with Crippen LogP contribution >= 0.6 is 0 Å². The van der Waals surface area contributed by atoms with Gasteiger partial charge in [-0.2, -0.15) is 0 Å². The fraction of sp³-hybridized carbons (Fsp3) is 0.500. The van der Waals surface area contributed by atoms with Gasteiger partial charge in [0.1, 0.15) is 11.3 Å². The van der Waals surface area contributed by atoms with E-state index in [9.17, 15) is 9.90 Å². The first-order chi connectivity index (χ1) is 8.66. The number of benzene rings is 1. The molecule has 0 heterocycles. The molecule has 18 heavy (non-hydrogen) atoms. The molecule has 1 fully saturated rings. The number of ether oxygens (including phenoxy) is 1. The molecular formula is C14H19NO3. The highest BCUT2D eigenvalue weighted by molar-refractivity contribution is 5.79. The molecule has 0 atom stereocenters. The Balaban J connectivity index is 2.03. The van der Waals surface area contributed by atoms with E-state index in [1.165, 1.54) is 0 Å². The number of nitrogens with one attached hydrogen (secondary N) is 1. The summed E-state index contributed by atoms with van der Waals surface area (Å²) in [5.74, 6) is 0.0630. The molecule has 2 N–H and O–H groups in total. The van der Waals surface area contributed by atoms with E-state index in [0.29, 0.717) is 19.4 Å². The average molecular weight is 249 g/mol. The van der Waals surface area contributed by atoms with Gasteiger partial charge in [0.15, 0.2) is 0 Å². The van der Waals surface area contributed by atoms with Crippen molar-refractivity contribution in [3.8, 4) is 5.75 Å². The maximum Gasteiger partial charge on any atom is 0.323 e. The zero-order valence-electron chi connectivity index (χ0n) is 10.6. The minimum absolute atomic E-state index is 0.559. The van der Waals surface area contributed by atoms with E-state index >= 15 is 0 Å². The van der Waals surface area contributed by atoms with Crippen LogP contribution in [0.2, 0.25) is 0 Å². The van der Waals surface area contributed by atoms with Crippen LogP contribution in [-0.2, 0) is 11.3 Å². The van der Waals surface area contributed by atoms with Crippen molar-refractivity contribution in [2.24, 2.45) is 0 Å². The molecule has 98 valence electrons. The smallest absolute Gasteiger partial charge is 0.323 e. The van der Waals surface area contributed by atoms with Gasteiger partial charge in [-0.1, -0.05) is 25.0 Å². The van der Waals surface area contributed by atoms with Crippen LogP contribution in [0.1, 0.15) is 31.2 Å². The fourth-order valence-electron chi connectivity index (χ4n) is 2.50. The van der Waals surface area contributed by atoms with E-state index in [2.05, 4.69) is 5.32 Å². The van der Waals surface area contributed by atoms with Gasteiger partial charge < -0.3 is 9.84 Å². The van der Waals surface area contributed by atoms with E-state index < -0.39 is 11.5 Å². The van der Waals surface area contributed by atoms with E-state index in [0.717, 1.165) is 24.2 Å². The monoisotopic (exact) mass is 249 g/mol. The molecule has 0 amide bonds. The molecule has 1 aromatic carbocycles. The number of rotatable bonds is 5. The van der Waals surface area contributed by atoms with Crippen LogP contribution in [-0.4, -0.2) is 23.7 Å². The minimum atomic E-state index is -0.733. The quantitative estimate of drug-likeness (QED) is 0.839. The lowest BCUT2D eigenvalue weighted by atomic mass is 9.97. The molecule has 2 rings (SSSR count). The molecule has 0 bridgehead atoms. The van der Waals surface area contributed by atoms with Crippen LogP contribution < -0.4 is 10.1 Å². The van der Waals surface area contributed by atoms with Crippen LogP contribution in [0, 0.1) is 0 Å². The summed E-state index contributed by atoms with van der Waals surface area (Å²) in [7, 11) is 1.63. The van der Waals surface area contributed by atoms with E-state index in [1.807, 2.05) is 24.3 Å². The molecule has 1 aliphatic rings. The van der Waals surface area contributed by atoms with Crippen molar-refractivity contribution < 1.29 is 14.6 Å². The van der Waals surface area contributed by atoms with Crippen molar-refractivity contribution in [1.29, 1.82) is 0 Å². The van der Waals surface area contributed by atoms with Crippen molar-refractivity contribution in [2.75, 3.05) is 7.11 Å². The summed E-state index contributed by atoms with van der Waals surface area (Å²) in [6.07, 6.45) is 3.40. The van der Waals surface area contributed by atoms with Crippen molar-refractivity contribution in [3.63, 3.8) is 0 Å². The number of carboxylic acid groups (broad SMARTS) is 1. The number of carbonyl (C=O) groups is 1. The second-order valence-electron chi connectivity index (χ2n) is 4.80. The summed E-state index contributed by atoms with van der Waals surface area (Å²) < 4.78 is 5.16.